The highest BCUT2D eigenvalue weighted by Crippen LogP contribution is 2.23. The van der Waals surface area contributed by atoms with Gasteiger partial charge in [0.05, 0.1) is 23.0 Å². The van der Waals surface area contributed by atoms with Crippen LogP contribution in [0.3, 0.4) is 0 Å². The summed E-state index contributed by atoms with van der Waals surface area (Å²) in [5.74, 6) is 0.651. The van der Waals surface area contributed by atoms with Gasteiger partial charge in [0.15, 0.2) is 5.82 Å². The molecular weight excluding hydrogens is 260 g/mol. The van der Waals surface area contributed by atoms with E-state index in [-0.39, 0.29) is 0 Å². The van der Waals surface area contributed by atoms with Gasteiger partial charge < -0.3 is 0 Å². The Bertz CT molecular complexity index is 823. The van der Waals surface area contributed by atoms with Crippen molar-refractivity contribution in [3.8, 4) is 23.1 Å². The highest BCUT2D eigenvalue weighted by atomic mass is 15.3. The lowest BCUT2D eigenvalue weighted by Crippen LogP contribution is -2.02. The quantitative estimate of drug-likeness (QED) is 0.719. The summed E-state index contributed by atoms with van der Waals surface area (Å²) in [6, 6.07) is 15.8. The van der Waals surface area contributed by atoms with Crippen molar-refractivity contribution in [3.05, 3.63) is 65.5 Å². The number of hydrogen-bond donors (Lipinski definition) is 0. The minimum atomic E-state index is 0.572. The van der Waals surface area contributed by atoms with E-state index in [0.717, 1.165) is 17.0 Å². The van der Waals surface area contributed by atoms with Gasteiger partial charge in [0, 0.05) is 17.8 Å². The van der Waals surface area contributed by atoms with Gasteiger partial charge in [-0.2, -0.15) is 10.4 Å². The van der Waals surface area contributed by atoms with Crippen molar-refractivity contribution in [1.29, 1.82) is 5.26 Å². The zero-order chi connectivity index (χ0) is 14.8. The summed E-state index contributed by atoms with van der Waals surface area (Å²) >= 11 is 0. The van der Waals surface area contributed by atoms with E-state index < -0.39 is 0 Å². The molecule has 0 bridgehead atoms. The van der Waals surface area contributed by atoms with Crippen molar-refractivity contribution in [2.75, 3.05) is 0 Å². The second-order valence-electron chi connectivity index (χ2n) is 4.96. The largest absolute Gasteiger partial charge is 0.237 e. The van der Waals surface area contributed by atoms with E-state index in [1.807, 2.05) is 13.0 Å². The summed E-state index contributed by atoms with van der Waals surface area (Å²) in [6.07, 6.45) is 1.63. The van der Waals surface area contributed by atoms with Crippen LogP contribution in [0.2, 0.25) is 0 Å². The lowest BCUT2D eigenvalue weighted by atomic mass is 10.1. The van der Waals surface area contributed by atoms with E-state index in [1.165, 1.54) is 5.56 Å². The number of rotatable bonds is 2. The van der Waals surface area contributed by atoms with E-state index in [0.29, 0.717) is 11.4 Å². The first kappa shape index (κ1) is 13.1. The molecule has 0 saturated carbocycles. The Morgan fingerprint density at radius 3 is 2.52 bits per heavy atom. The molecule has 3 rings (SSSR count). The zero-order valence-corrected chi connectivity index (χ0v) is 11.9. The van der Waals surface area contributed by atoms with E-state index in [4.69, 9.17) is 5.26 Å². The standard InChI is InChI=1S/C17H14N4/c1-12-3-5-15(6-4-12)16-9-13(2)20-21(16)17-10-14(11-18)7-8-19-17/h3-10H,1-2H3. The Hall–Kier alpha value is -2.93. The molecule has 4 nitrogen and oxygen atoms in total. The van der Waals surface area contributed by atoms with Crippen molar-refractivity contribution < 1.29 is 0 Å². The molecule has 0 radical (unpaired) electrons. The number of pyridine rings is 1. The zero-order valence-electron chi connectivity index (χ0n) is 11.9. The van der Waals surface area contributed by atoms with Gasteiger partial charge in [0.2, 0.25) is 0 Å². The minimum Gasteiger partial charge on any atom is -0.237 e. The summed E-state index contributed by atoms with van der Waals surface area (Å²) < 4.78 is 1.78. The third-order valence-electron chi connectivity index (χ3n) is 3.27. The van der Waals surface area contributed by atoms with Gasteiger partial charge in [0.1, 0.15) is 0 Å². The molecule has 2 aromatic heterocycles. The monoisotopic (exact) mass is 274 g/mol. The maximum atomic E-state index is 9.02. The highest BCUT2D eigenvalue weighted by molar-refractivity contribution is 5.62. The summed E-state index contributed by atoms with van der Waals surface area (Å²) in [4.78, 5) is 4.32. The molecule has 0 spiro atoms. The minimum absolute atomic E-state index is 0.572. The second-order valence-corrected chi connectivity index (χ2v) is 4.96. The number of nitriles is 1. The summed E-state index contributed by atoms with van der Waals surface area (Å²) in [5.41, 5.74) is 4.74. The molecule has 0 saturated heterocycles. The highest BCUT2D eigenvalue weighted by Gasteiger charge is 2.11. The van der Waals surface area contributed by atoms with Crippen molar-refractivity contribution in [1.82, 2.24) is 14.8 Å². The maximum absolute atomic E-state index is 9.02. The van der Waals surface area contributed by atoms with E-state index in [1.54, 1.807) is 23.0 Å². The lowest BCUT2D eigenvalue weighted by molar-refractivity contribution is 0.838. The Balaban J connectivity index is 2.15. The molecule has 0 unspecified atom stereocenters. The van der Waals surface area contributed by atoms with Crippen LogP contribution in [-0.2, 0) is 0 Å². The normalized spacial score (nSPS) is 10.3. The van der Waals surface area contributed by atoms with Crippen LogP contribution < -0.4 is 0 Å². The van der Waals surface area contributed by atoms with Gasteiger partial charge in [-0.05, 0) is 26.0 Å². The Morgan fingerprint density at radius 1 is 1.05 bits per heavy atom. The first-order chi connectivity index (χ1) is 10.2. The molecule has 0 atom stereocenters. The number of aromatic nitrogens is 3. The predicted molar refractivity (Wildman–Crippen MR) is 81.0 cm³/mol. The average Bonchev–Trinajstić information content (AvgIpc) is 2.90. The van der Waals surface area contributed by atoms with Gasteiger partial charge in [-0.1, -0.05) is 29.8 Å². The molecular formula is C17H14N4. The van der Waals surface area contributed by atoms with Crippen LogP contribution in [0.25, 0.3) is 17.1 Å². The first-order valence-electron chi connectivity index (χ1n) is 6.67. The van der Waals surface area contributed by atoms with E-state index in [9.17, 15) is 0 Å². The molecule has 0 aliphatic rings. The van der Waals surface area contributed by atoms with Gasteiger partial charge in [-0.25, -0.2) is 9.67 Å². The number of benzene rings is 1. The SMILES string of the molecule is Cc1ccc(-c2cc(C)nn2-c2cc(C#N)ccn2)cc1. The van der Waals surface area contributed by atoms with Crippen molar-refractivity contribution in [2.45, 2.75) is 13.8 Å². The average molecular weight is 274 g/mol. The Morgan fingerprint density at radius 2 is 1.81 bits per heavy atom. The smallest absolute Gasteiger partial charge is 0.155 e. The van der Waals surface area contributed by atoms with Gasteiger partial charge in [0.25, 0.3) is 0 Å². The number of hydrogen-bond acceptors (Lipinski definition) is 3. The molecule has 1 aromatic carbocycles. The molecule has 0 aliphatic heterocycles. The van der Waals surface area contributed by atoms with Gasteiger partial charge in [-0.15, -0.1) is 0 Å². The van der Waals surface area contributed by atoms with Crippen LogP contribution in [0.15, 0.2) is 48.7 Å². The van der Waals surface area contributed by atoms with Crippen LogP contribution in [0.4, 0.5) is 0 Å². The second kappa shape index (κ2) is 5.22. The fourth-order valence-corrected chi connectivity index (χ4v) is 2.21. The topological polar surface area (TPSA) is 54.5 Å². The fraction of sp³-hybridized carbons (Fsp3) is 0.118. The van der Waals surface area contributed by atoms with E-state index in [2.05, 4.69) is 47.3 Å². The molecule has 0 aliphatic carbocycles. The predicted octanol–water partition coefficient (Wildman–Crippen LogP) is 3.42. The lowest BCUT2D eigenvalue weighted by Gasteiger charge is -2.07. The fourth-order valence-electron chi connectivity index (χ4n) is 2.21. The molecule has 0 amide bonds. The van der Waals surface area contributed by atoms with Crippen LogP contribution >= 0.6 is 0 Å². The summed E-state index contributed by atoms with van der Waals surface area (Å²) in [7, 11) is 0. The van der Waals surface area contributed by atoms with Gasteiger partial charge in [-0.3, -0.25) is 0 Å². The Labute approximate surface area is 123 Å². The van der Waals surface area contributed by atoms with Crippen LogP contribution in [0.1, 0.15) is 16.8 Å². The third kappa shape index (κ3) is 2.54. The van der Waals surface area contributed by atoms with Crippen LogP contribution in [0, 0.1) is 25.2 Å². The molecule has 2 heterocycles. The molecule has 0 N–H and O–H groups in total. The van der Waals surface area contributed by atoms with Crippen molar-refractivity contribution in [2.24, 2.45) is 0 Å². The van der Waals surface area contributed by atoms with Crippen LogP contribution in [-0.4, -0.2) is 14.8 Å². The maximum Gasteiger partial charge on any atom is 0.155 e. The number of nitrogens with zero attached hydrogens (tertiary/aromatic N) is 4. The Kier molecular flexibility index (Phi) is 3.25. The summed E-state index contributed by atoms with van der Waals surface area (Å²) in [6.45, 7) is 4.01. The summed E-state index contributed by atoms with van der Waals surface area (Å²) in [5, 5.41) is 13.5. The first-order valence-corrected chi connectivity index (χ1v) is 6.67. The molecule has 0 fully saturated rings. The van der Waals surface area contributed by atoms with Crippen molar-refractivity contribution >= 4 is 0 Å². The number of aryl methyl sites for hydroxylation is 2. The third-order valence-corrected chi connectivity index (χ3v) is 3.27. The van der Waals surface area contributed by atoms with E-state index >= 15 is 0 Å². The van der Waals surface area contributed by atoms with Gasteiger partial charge >= 0.3 is 0 Å². The molecule has 4 heteroatoms. The van der Waals surface area contributed by atoms with Crippen LogP contribution in [0.5, 0.6) is 0 Å². The van der Waals surface area contributed by atoms with Crippen molar-refractivity contribution in [3.63, 3.8) is 0 Å². The molecule has 102 valence electrons. The molecule has 3 aromatic rings. The molecule has 21 heavy (non-hydrogen) atoms.